The highest BCUT2D eigenvalue weighted by molar-refractivity contribution is 5.72. The molecular weight excluding hydrogens is 156 g/mol. The third-order valence-electron chi connectivity index (χ3n) is 1.23. The lowest BCUT2D eigenvalue weighted by Gasteiger charge is -2.21. The van der Waals surface area contributed by atoms with Crippen LogP contribution in [0.4, 0.5) is 0 Å². The molecule has 0 fully saturated rings. The van der Waals surface area contributed by atoms with Crippen molar-refractivity contribution in [1.82, 2.24) is 0 Å². The van der Waals surface area contributed by atoms with Gasteiger partial charge in [0.25, 0.3) is 0 Å². The molecule has 0 bridgehead atoms. The fourth-order valence-electron chi connectivity index (χ4n) is 0.720. The summed E-state index contributed by atoms with van der Waals surface area (Å²) in [5.74, 6) is -0.390. The summed E-state index contributed by atoms with van der Waals surface area (Å²) in [5.41, 5.74) is -0.404. The molecular formula is C9H18O3. The van der Waals surface area contributed by atoms with Crippen LogP contribution in [0.2, 0.25) is 0 Å². The van der Waals surface area contributed by atoms with E-state index >= 15 is 0 Å². The van der Waals surface area contributed by atoms with Gasteiger partial charge in [0, 0.05) is 7.11 Å². The highest BCUT2D eigenvalue weighted by atomic mass is 16.6. The smallest absolute Gasteiger partial charge is 0.311 e. The molecule has 0 heterocycles. The SMILES string of the molecule is COCC(C)C(=O)OC(C)(C)C. The van der Waals surface area contributed by atoms with Crippen LogP contribution in [-0.4, -0.2) is 25.3 Å². The molecule has 0 aromatic rings. The van der Waals surface area contributed by atoms with Crippen molar-refractivity contribution < 1.29 is 14.3 Å². The number of hydrogen-bond acceptors (Lipinski definition) is 3. The van der Waals surface area contributed by atoms with E-state index in [1.165, 1.54) is 0 Å². The molecule has 3 heteroatoms. The van der Waals surface area contributed by atoms with E-state index in [-0.39, 0.29) is 11.9 Å². The number of ether oxygens (including phenoxy) is 2. The Balaban J connectivity index is 3.87. The van der Waals surface area contributed by atoms with Crippen molar-refractivity contribution in [2.45, 2.75) is 33.3 Å². The fourth-order valence-corrected chi connectivity index (χ4v) is 0.720. The van der Waals surface area contributed by atoms with Crippen LogP contribution in [-0.2, 0) is 14.3 Å². The van der Waals surface area contributed by atoms with Crippen LogP contribution in [0.25, 0.3) is 0 Å². The summed E-state index contributed by atoms with van der Waals surface area (Å²) >= 11 is 0. The lowest BCUT2D eigenvalue weighted by molar-refractivity contribution is -0.161. The zero-order valence-corrected chi connectivity index (χ0v) is 8.51. The molecule has 72 valence electrons. The van der Waals surface area contributed by atoms with Crippen molar-refractivity contribution in [3.63, 3.8) is 0 Å². The van der Waals surface area contributed by atoms with E-state index in [4.69, 9.17) is 9.47 Å². The van der Waals surface area contributed by atoms with Gasteiger partial charge in [0.1, 0.15) is 5.60 Å². The molecule has 0 aliphatic heterocycles. The van der Waals surface area contributed by atoms with Gasteiger partial charge in [-0.05, 0) is 27.7 Å². The largest absolute Gasteiger partial charge is 0.460 e. The van der Waals surface area contributed by atoms with Crippen LogP contribution in [0.1, 0.15) is 27.7 Å². The Morgan fingerprint density at radius 3 is 2.25 bits per heavy atom. The van der Waals surface area contributed by atoms with E-state index in [9.17, 15) is 4.79 Å². The topological polar surface area (TPSA) is 35.5 Å². The second-order valence-corrected chi connectivity index (χ2v) is 3.89. The molecule has 0 amide bonds. The van der Waals surface area contributed by atoms with E-state index in [0.29, 0.717) is 6.61 Å². The zero-order chi connectivity index (χ0) is 9.78. The molecule has 0 aliphatic carbocycles. The van der Waals surface area contributed by atoms with Gasteiger partial charge >= 0.3 is 5.97 Å². The number of carbonyl (C=O) groups excluding carboxylic acids is 1. The van der Waals surface area contributed by atoms with Crippen LogP contribution in [0.15, 0.2) is 0 Å². The summed E-state index contributed by atoms with van der Waals surface area (Å²) in [7, 11) is 1.57. The highest BCUT2D eigenvalue weighted by Gasteiger charge is 2.21. The van der Waals surface area contributed by atoms with Gasteiger partial charge in [0.2, 0.25) is 0 Å². The maximum absolute atomic E-state index is 11.2. The third-order valence-corrected chi connectivity index (χ3v) is 1.23. The molecule has 0 rings (SSSR count). The lowest BCUT2D eigenvalue weighted by Crippen LogP contribution is -2.29. The van der Waals surface area contributed by atoms with Gasteiger partial charge in [0.15, 0.2) is 0 Å². The van der Waals surface area contributed by atoms with E-state index in [0.717, 1.165) is 0 Å². The van der Waals surface area contributed by atoms with Crippen molar-refractivity contribution in [2.24, 2.45) is 5.92 Å². The number of carbonyl (C=O) groups is 1. The fraction of sp³-hybridized carbons (Fsp3) is 0.889. The summed E-state index contributed by atoms with van der Waals surface area (Å²) in [6.07, 6.45) is 0. The van der Waals surface area contributed by atoms with E-state index in [1.807, 2.05) is 20.8 Å². The van der Waals surface area contributed by atoms with E-state index < -0.39 is 5.60 Å². The molecule has 0 N–H and O–H groups in total. The van der Waals surface area contributed by atoms with Crippen LogP contribution in [0.5, 0.6) is 0 Å². The quantitative estimate of drug-likeness (QED) is 0.610. The summed E-state index contributed by atoms with van der Waals surface area (Å²) in [5, 5.41) is 0. The Morgan fingerprint density at radius 1 is 1.42 bits per heavy atom. The zero-order valence-electron chi connectivity index (χ0n) is 8.51. The maximum Gasteiger partial charge on any atom is 0.311 e. The first kappa shape index (κ1) is 11.4. The molecule has 3 nitrogen and oxygen atoms in total. The average Bonchev–Trinajstić information content (AvgIpc) is 1.84. The van der Waals surface area contributed by atoms with Gasteiger partial charge in [-0.3, -0.25) is 4.79 Å². The van der Waals surface area contributed by atoms with Crippen molar-refractivity contribution >= 4 is 5.97 Å². The minimum absolute atomic E-state index is 0.186. The molecule has 1 unspecified atom stereocenters. The van der Waals surface area contributed by atoms with Crippen molar-refractivity contribution in [1.29, 1.82) is 0 Å². The van der Waals surface area contributed by atoms with Crippen LogP contribution in [0.3, 0.4) is 0 Å². The van der Waals surface area contributed by atoms with Crippen LogP contribution in [0, 0.1) is 5.92 Å². The maximum atomic E-state index is 11.2. The van der Waals surface area contributed by atoms with Gasteiger partial charge in [-0.15, -0.1) is 0 Å². The number of hydrogen-bond donors (Lipinski definition) is 0. The predicted molar refractivity (Wildman–Crippen MR) is 46.9 cm³/mol. The lowest BCUT2D eigenvalue weighted by atomic mass is 10.1. The summed E-state index contributed by atoms with van der Waals surface area (Å²) in [4.78, 5) is 11.2. The van der Waals surface area contributed by atoms with Crippen LogP contribution < -0.4 is 0 Å². The van der Waals surface area contributed by atoms with Gasteiger partial charge in [-0.1, -0.05) is 0 Å². The second kappa shape index (κ2) is 4.45. The molecule has 1 atom stereocenters. The summed E-state index contributed by atoms with van der Waals surface area (Å²) < 4.78 is 9.97. The van der Waals surface area contributed by atoms with Gasteiger partial charge < -0.3 is 9.47 Å². The van der Waals surface area contributed by atoms with E-state index in [2.05, 4.69) is 0 Å². The minimum atomic E-state index is -0.404. The Morgan fingerprint density at radius 2 is 1.92 bits per heavy atom. The molecule has 0 saturated heterocycles. The number of esters is 1. The molecule has 0 spiro atoms. The molecule has 12 heavy (non-hydrogen) atoms. The van der Waals surface area contributed by atoms with Crippen LogP contribution >= 0.6 is 0 Å². The first-order chi connectivity index (χ1) is 5.37. The standard InChI is InChI=1S/C9H18O3/c1-7(6-11-5)8(10)12-9(2,3)4/h7H,6H2,1-5H3. The van der Waals surface area contributed by atoms with E-state index in [1.54, 1.807) is 14.0 Å². The summed E-state index contributed by atoms with van der Waals surface area (Å²) in [6.45, 7) is 7.76. The molecule has 0 aliphatic rings. The average molecular weight is 174 g/mol. The highest BCUT2D eigenvalue weighted by Crippen LogP contribution is 2.10. The number of methoxy groups -OCH3 is 1. The van der Waals surface area contributed by atoms with Crippen molar-refractivity contribution in [3.05, 3.63) is 0 Å². The molecule has 0 radical (unpaired) electrons. The van der Waals surface area contributed by atoms with Crippen molar-refractivity contribution in [2.75, 3.05) is 13.7 Å². The normalized spacial score (nSPS) is 14.1. The monoisotopic (exact) mass is 174 g/mol. The Hall–Kier alpha value is -0.570. The summed E-state index contributed by atoms with van der Waals surface area (Å²) in [6, 6.07) is 0. The first-order valence-electron chi connectivity index (χ1n) is 4.08. The third kappa shape index (κ3) is 5.13. The minimum Gasteiger partial charge on any atom is -0.460 e. The van der Waals surface area contributed by atoms with Gasteiger partial charge in [-0.2, -0.15) is 0 Å². The number of rotatable bonds is 3. The molecule has 0 aromatic carbocycles. The Bertz CT molecular complexity index is 146. The second-order valence-electron chi connectivity index (χ2n) is 3.89. The Labute approximate surface area is 74.0 Å². The predicted octanol–water partition coefficient (Wildman–Crippen LogP) is 1.61. The molecule has 0 saturated carbocycles. The Kier molecular flexibility index (Phi) is 4.24. The van der Waals surface area contributed by atoms with Gasteiger partial charge in [-0.25, -0.2) is 0 Å². The van der Waals surface area contributed by atoms with Gasteiger partial charge in [0.05, 0.1) is 12.5 Å². The molecule has 0 aromatic heterocycles. The van der Waals surface area contributed by atoms with Crippen molar-refractivity contribution in [3.8, 4) is 0 Å². The first-order valence-corrected chi connectivity index (χ1v) is 4.08.